The van der Waals surface area contributed by atoms with Gasteiger partial charge in [-0.3, -0.25) is 4.90 Å². The fourth-order valence-electron chi connectivity index (χ4n) is 2.72. The van der Waals surface area contributed by atoms with Gasteiger partial charge in [-0.05, 0) is 31.6 Å². The van der Waals surface area contributed by atoms with Gasteiger partial charge in [0, 0.05) is 25.7 Å². The van der Waals surface area contributed by atoms with Crippen molar-refractivity contribution in [2.24, 2.45) is 11.7 Å². The van der Waals surface area contributed by atoms with Crippen LogP contribution in [0.4, 0.5) is 0 Å². The molecule has 0 saturated heterocycles. The van der Waals surface area contributed by atoms with E-state index in [1.54, 1.807) is 0 Å². The van der Waals surface area contributed by atoms with Crippen molar-refractivity contribution in [3.63, 3.8) is 0 Å². The molecule has 1 saturated carbocycles. The molecule has 2 N–H and O–H groups in total. The first-order valence-electron chi connectivity index (χ1n) is 5.97. The number of hydrogen-bond donors (Lipinski definition) is 1. The van der Waals surface area contributed by atoms with Crippen molar-refractivity contribution >= 4 is 0 Å². The number of nitrogens with zero attached hydrogens (tertiary/aromatic N) is 1. The van der Waals surface area contributed by atoms with Gasteiger partial charge in [0.25, 0.3) is 0 Å². The Labute approximate surface area is 87.2 Å². The highest BCUT2D eigenvalue weighted by atomic mass is 15.1. The van der Waals surface area contributed by atoms with E-state index in [1.807, 2.05) is 0 Å². The third-order valence-electron chi connectivity index (χ3n) is 3.48. The van der Waals surface area contributed by atoms with Crippen LogP contribution in [-0.2, 0) is 0 Å². The zero-order valence-electron chi connectivity index (χ0n) is 8.99. The lowest BCUT2D eigenvalue weighted by Crippen LogP contribution is -2.37. The van der Waals surface area contributed by atoms with Crippen molar-refractivity contribution in [2.45, 2.75) is 38.1 Å². The molecule has 2 rings (SSSR count). The predicted octanol–water partition coefficient (Wildman–Crippen LogP) is 1.77. The SMILES string of the molecule is NC1CCCC(CN2CC=CCC2)C1. The highest BCUT2D eigenvalue weighted by Crippen LogP contribution is 2.24. The molecule has 0 aromatic carbocycles. The van der Waals surface area contributed by atoms with Crippen molar-refractivity contribution in [1.29, 1.82) is 0 Å². The molecular formula is C12H22N2. The third kappa shape index (κ3) is 2.82. The molecule has 0 radical (unpaired) electrons. The minimum atomic E-state index is 0.481. The van der Waals surface area contributed by atoms with Gasteiger partial charge >= 0.3 is 0 Å². The van der Waals surface area contributed by atoms with Gasteiger partial charge in [-0.15, -0.1) is 0 Å². The molecule has 1 aliphatic heterocycles. The van der Waals surface area contributed by atoms with Crippen molar-refractivity contribution in [3.8, 4) is 0 Å². The van der Waals surface area contributed by atoms with E-state index in [0.29, 0.717) is 6.04 Å². The van der Waals surface area contributed by atoms with E-state index in [0.717, 1.165) is 12.5 Å². The standard InChI is InChI=1S/C12H22N2/c13-12-6-4-5-11(9-12)10-14-7-2-1-3-8-14/h1-2,11-12H,3-10,13H2. The summed E-state index contributed by atoms with van der Waals surface area (Å²) >= 11 is 0. The van der Waals surface area contributed by atoms with Gasteiger partial charge in [-0.2, -0.15) is 0 Å². The zero-order chi connectivity index (χ0) is 9.80. The average molecular weight is 194 g/mol. The van der Waals surface area contributed by atoms with E-state index >= 15 is 0 Å². The van der Waals surface area contributed by atoms with Gasteiger partial charge < -0.3 is 5.73 Å². The third-order valence-corrected chi connectivity index (χ3v) is 3.48. The van der Waals surface area contributed by atoms with Crippen LogP contribution in [-0.4, -0.2) is 30.6 Å². The molecule has 0 bridgehead atoms. The van der Waals surface area contributed by atoms with Crippen molar-refractivity contribution in [3.05, 3.63) is 12.2 Å². The van der Waals surface area contributed by atoms with Gasteiger partial charge in [0.1, 0.15) is 0 Å². The minimum Gasteiger partial charge on any atom is -0.328 e. The molecule has 2 atom stereocenters. The van der Waals surface area contributed by atoms with Crippen molar-refractivity contribution in [1.82, 2.24) is 4.90 Å². The van der Waals surface area contributed by atoms with Crippen LogP contribution < -0.4 is 5.73 Å². The summed E-state index contributed by atoms with van der Waals surface area (Å²) in [4.78, 5) is 2.57. The Kier molecular flexibility index (Phi) is 3.60. The Morgan fingerprint density at radius 3 is 2.93 bits per heavy atom. The van der Waals surface area contributed by atoms with E-state index in [9.17, 15) is 0 Å². The van der Waals surface area contributed by atoms with Crippen LogP contribution >= 0.6 is 0 Å². The van der Waals surface area contributed by atoms with Crippen LogP contribution in [0.5, 0.6) is 0 Å². The fourth-order valence-corrected chi connectivity index (χ4v) is 2.72. The maximum Gasteiger partial charge on any atom is 0.0163 e. The highest BCUT2D eigenvalue weighted by Gasteiger charge is 2.21. The lowest BCUT2D eigenvalue weighted by Gasteiger charge is -2.32. The average Bonchev–Trinajstić information content (AvgIpc) is 2.19. The maximum absolute atomic E-state index is 6.00. The second kappa shape index (κ2) is 4.94. The van der Waals surface area contributed by atoms with Gasteiger partial charge in [0.05, 0.1) is 0 Å². The Hall–Kier alpha value is -0.340. The normalized spacial score (nSPS) is 34.6. The van der Waals surface area contributed by atoms with Gasteiger partial charge in [0.2, 0.25) is 0 Å². The summed E-state index contributed by atoms with van der Waals surface area (Å²) in [7, 11) is 0. The molecule has 2 heteroatoms. The second-order valence-corrected chi connectivity index (χ2v) is 4.81. The van der Waals surface area contributed by atoms with Crippen LogP contribution in [0.1, 0.15) is 32.1 Å². The molecule has 1 fully saturated rings. The Morgan fingerprint density at radius 2 is 2.21 bits per heavy atom. The largest absolute Gasteiger partial charge is 0.328 e. The molecule has 0 amide bonds. The Balaban J connectivity index is 1.75. The summed E-state index contributed by atoms with van der Waals surface area (Å²) in [6.07, 6.45) is 11.1. The van der Waals surface area contributed by atoms with Crippen LogP contribution in [0.3, 0.4) is 0 Å². The summed E-state index contributed by atoms with van der Waals surface area (Å²) in [5.74, 6) is 0.866. The smallest absolute Gasteiger partial charge is 0.0163 e. The van der Waals surface area contributed by atoms with Crippen LogP contribution in [0, 0.1) is 5.92 Å². The predicted molar refractivity (Wildman–Crippen MR) is 60.1 cm³/mol. The summed E-state index contributed by atoms with van der Waals surface area (Å²) < 4.78 is 0. The summed E-state index contributed by atoms with van der Waals surface area (Å²) in [5, 5.41) is 0. The van der Waals surface area contributed by atoms with Crippen molar-refractivity contribution < 1.29 is 0 Å². The summed E-state index contributed by atoms with van der Waals surface area (Å²) in [5.41, 5.74) is 6.00. The first-order chi connectivity index (χ1) is 6.84. The lowest BCUT2D eigenvalue weighted by molar-refractivity contribution is 0.204. The monoisotopic (exact) mass is 194 g/mol. The molecule has 2 aliphatic rings. The molecular weight excluding hydrogens is 172 g/mol. The van der Waals surface area contributed by atoms with Gasteiger partial charge in [-0.25, -0.2) is 0 Å². The molecule has 14 heavy (non-hydrogen) atoms. The fraction of sp³-hybridized carbons (Fsp3) is 0.833. The van der Waals surface area contributed by atoms with E-state index in [-0.39, 0.29) is 0 Å². The van der Waals surface area contributed by atoms with Crippen molar-refractivity contribution in [2.75, 3.05) is 19.6 Å². The maximum atomic E-state index is 6.00. The van der Waals surface area contributed by atoms with Gasteiger partial charge in [-0.1, -0.05) is 18.6 Å². The molecule has 2 unspecified atom stereocenters. The van der Waals surface area contributed by atoms with Crippen LogP contribution in [0.2, 0.25) is 0 Å². The first kappa shape index (κ1) is 10.2. The lowest BCUT2D eigenvalue weighted by atomic mass is 9.86. The molecule has 0 aromatic rings. The molecule has 80 valence electrons. The Bertz CT molecular complexity index is 200. The topological polar surface area (TPSA) is 29.3 Å². The second-order valence-electron chi connectivity index (χ2n) is 4.81. The van der Waals surface area contributed by atoms with E-state index in [1.165, 1.54) is 45.2 Å². The Morgan fingerprint density at radius 1 is 1.29 bits per heavy atom. The highest BCUT2D eigenvalue weighted by molar-refractivity contribution is 4.91. The zero-order valence-corrected chi connectivity index (χ0v) is 8.99. The van der Waals surface area contributed by atoms with E-state index < -0.39 is 0 Å². The van der Waals surface area contributed by atoms with E-state index in [2.05, 4.69) is 17.1 Å². The minimum absolute atomic E-state index is 0.481. The number of nitrogens with two attached hydrogens (primary N) is 1. The number of hydrogen-bond acceptors (Lipinski definition) is 2. The van der Waals surface area contributed by atoms with Crippen LogP contribution in [0.25, 0.3) is 0 Å². The molecule has 1 aliphatic carbocycles. The quantitative estimate of drug-likeness (QED) is 0.679. The number of rotatable bonds is 2. The molecule has 0 aromatic heterocycles. The van der Waals surface area contributed by atoms with Crippen LogP contribution in [0.15, 0.2) is 12.2 Å². The summed E-state index contributed by atoms with van der Waals surface area (Å²) in [6.45, 7) is 3.69. The van der Waals surface area contributed by atoms with E-state index in [4.69, 9.17) is 5.73 Å². The summed E-state index contributed by atoms with van der Waals surface area (Å²) in [6, 6.07) is 0.481. The first-order valence-corrected chi connectivity index (χ1v) is 5.97. The molecule has 0 spiro atoms. The molecule has 2 nitrogen and oxygen atoms in total. The van der Waals surface area contributed by atoms with Gasteiger partial charge in [0.15, 0.2) is 0 Å². The molecule has 1 heterocycles.